The van der Waals surface area contributed by atoms with Crippen LogP contribution < -0.4 is 5.32 Å². The zero-order valence-corrected chi connectivity index (χ0v) is 9.87. The molecular formula is C8H8Cl2N6. The van der Waals surface area contributed by atoms with Gasteiger partial charge >= 0.3 is 0 Å². The van der Waals surface area contributed by atoms with Crippen molar-refractivity contribution in [1.29, 1.82) is 0 Å². The van der Waals surface area contributed by atoms with Crippen molar-refractivity contribution in [3.05, 3.63) is 28.8 Å². The number of halogens is 2. The molecule has 84 valence electrons. The summed E-state index contributed by atoms with van der Waals surface area (Å²) < 4.78 is 1.89. The summed E-state index contributed by atoms with van der Waals surface area (Å²) in [5.74, 6) is 1.18. The van der Waals surface area contributed by atoms with E-state index in [0.717, 1.165) is 5.82 Å². The van der Waals surface area contributed by atoms with Crippen LogP contribution in [0, 0.1) is 0 Å². The minimum atomic E-state index is 0.0577. The lowest BCUT2D eigenvalue weighted by Crippen LogP contribution is -2.08. The molecule has 0 saturated heterocycles. The Kier molecular flexibility index (Phi) is 3.21. The molecule has 6 nitrogen and oxygen atoms in total. The molecule has 0 fully saturated rings. The summed E-state index contributed by atoms with van der Waals surface area (Å²) in [4.78, 5) is 15.5. The number of rotatable bonds is 3. The molecule has 0 bridgehead atoms. The standard InChI is InChI=1S/C8H8Cl2N6/c1-16-3-2-11-5(16)4-12-8-14-6(9)13-7(10)15-8/h2-3H,4H2,1H3,(H,12,13,14,15). The van der Waals surface area contributed by atoms with Gasteiger partial charge in [-0.2, -0.15) is 15.0 Å². The van der Waals surface area contributed by atoms with Gasteiger partial charge < -0.3 is 9.88 Å². The van der Waals surface area contributed by atoms with Crippen molar-refractivity contribution in [3.63, 3.8) is 0 Å². The first-order chi connectivity index (χ1) is 7.65. The van der Waals surface area contributed by atoms with E-state index in [4.69, 9.17) is 23.2 Å². The van der Waals surface area contributed by atoms with Crippen LogP contribution in [0.15, 0.2) is 12.4 Å². The van der Waals surface area contributed by atoms with Gasteiger partial charge in [0.1, 0.15) is 5.82 Å². The van der Waals surface area contributed by atoms with Crippen molar-refractivity contribution in [2.24, 2.45) is 7.05 Å². The maximum atomic E-state index is 5.63. The maximum absolute atomic E-state index is 5.63. The van der Waals surface area contributed by atoms with Crippen molar-refractivity contribution >= 4 is 29.2 Å². The summed E-state index contributed by atoms with van der Waals surface area (Å²) in [5.41, 5.74) is 0. The average molecular weight is 259 g/mol. The quantitative estimate of drug-likeness (QED) is 0.905. The Morgan fingerprint density at radius 1 is 1.25 bits per heavy atom. The van der Waals surface area contributed by atoms with Gasteiger partial charge in [-0.05, 0) is 23.2 Å². The van der Waals surface area contributed by atoms with Gasteiger partial charge in [0.15, 0.2) is 0 Å². The number of nitrogens with zero attached hydrogens (tertiary/aromatic N) is 5. The summed E-state index contributed by atoms with van der Waals surface area (Å²) >= 11 is 11.3. The molecule has 0 aliphatic carbocycles. The highest BCUT2D eigenvalue weighted by molar-refractivity contribution is 6.31. The molecule has 0 aliphatic heterocycles. The van der Waals surface area contributed by atoms with Gasteiger partial charge in [-0.25, -0.2) is 4.98 Å². The lowest BCUT2D eigenvalue weighted by molar-refractivity contribution is 0.806. The molecule has 2 aromatic rings. The largest absolute Gasteiger partial charge is 0.347 e. The predicted molar refractivity (Wildman–Crippen MR) is 60.4 cm³/mol. The second kappa shape index (κ2) is 4.63. The van der Waals surface area contributed by atoms with Gasteiger partial charge in [-0.15, -0.1) is 0 Å². The number of imidazole rings is 1. The second-order valence-electron chi connectivity index (χ2n) is 3.01. The SMILES string of the molecule is Cn1ccnc1CNc1nc(Cl)nc(Cl)n1. The molecular weight excluding hydrogens is 251 g/mol. The zero-order valence-electron chi connectivity index (χ0n) is 8.35. The first-order valence-corrected chi connectivity index (χ1v) is 5.18. The first-order valence-electron chi connectivity index (χ1n) is 4.42. The van der Waals surface area contributed by atoms with E-state index in [-0.39, 0.29) is 10.6 Å². The van der Waals surface area contributed by atoms with Crippen molar-refractivity contribution in [2.45, 2.75) is 6.54 Å². The normalized spacial score (nSPS) is 10.4. The molecule has 2 heterocycles. The molecule has 16 heavy (non-hydrogen) atoms. The van der Waals surface area contributed by atoms with Crippen LogP contribution in [0.3, 0.4) is 0 Å². The highest BCUT2D eigenvalue weighted by Gasteiger charge is 2.04. The van der Waals surface area contributed by atoms with E-state index in [0.29, 0.717) is 12.5 Å². The second-order valence-corrected chi connectivity index (χ2v) is 3.68. The molecule has 0 saturated carbocycles. The van der Waals surface area contributed by atoms with E-state index in [1.165, 1.54) is 0 Å². The fraction of sp³-hybridized carbons (Fsp3) is 0.250. The Hall–Kier alpha value is -1.40. The third-order valence-corrected chi connectivity index (χ3v) is 2.24. The minimum absolute atomic E-state index is 0.0577. The topological polar surface area (TPSA) is 68.5 Å². The third kappa shape index (κ3) is 2.59. The molecule has 0 amide bonds. The highest BCUT2D eigenvalue weighted by Crippen LogP contribution is 2.10. The van der Waals surface area contributed by atoms with Crippen molar-refractivity contribution in [2.75, 3.05) is 5.32 Å². The summed E-state index contributed by atoms with van der Waals surface area (Å²) in [6.45, 7) is 0.486. The number of aryl methyl sites for hydroxylation is 1. The highest BCUT2D eigenvalue weighted by atomic mass is 35.5. The van der Waals surface area contributed by atoms with Crippen LogP contribution in [0.1, 0.15) is 5.82 Å². The van der Waals surface area contributed by atoms with Crippen molar-refractivity contribution in [3.8, 4) is 0 Å². The number of anilines is 1. The molecule has 0 unspecified atom stereocenters. The van der Waals surface area contributed by atoms with Gasteiger partial charge in [-0.3, -0.25) is 0 Å². The third-order valence-electron chi connectivity index (χ3n) is 1.91. The number of aromatic nitrogens is 5. The smallest absolute Gasteiger partial charge is 0.228 e. The van der Waals surface area contributed by atoms with E-state index in [1.54, 1.807) is 6.20 Å². The molecule has 0 aliphatic rings. The van der Waals surface area contributed by atoms with E-state index in [1.807, 2.05) is 17.8 Å². The summed E-state index contributed by atoms with van der Waals surface area (Å²) in [6, 6.07) is 0. The lowest BCUT2D eigenvalue weighted by atomic mass is 10.6. The van der Waals surface area contributed by atoms with E-state index >= 15 is 0 Å². The Labute approximate surface area is 102 Å². The van der Waals surface area contributed by atoms with Crippen LogP contribution in [0.2, 0.25) is 10.6 Å². The first kappa shape index (κ1) is 11.1. The summed E-state index contributed by atoms with van der Waals surface area (Å²) in [5, 5.41) is 3.07. The molecule has 8 heteroatoms. The zero-order chi connectivity index (χ0) is 11.5. The molecule has 0 aromatic carbocycles. The molecule has 0 radical (unpaired) electrons. The number of hydrogen-bond acceptors (Lipinski definition) is 5. The monoisotopic (exact) mass is 258 g/mol. The molecule has 2 aromatic heterocycles. The maximum Gasteiger partial charge on any atom is 0.228 e. The van der Waals surface area contributed by atoms with Gasteiger partial charge in [0.25, 0.3) is 0 Å². The Morgan fingerprint density at radius 2 is 1.94 bits per heavy atom. The Morgan fingerprint density at radius 3 is 2.50 bits per heavy atom. The number of nitrogens with one attached hydrogen (secondary N) is 1. The van der Waals surface area contributed by atoms with Gasteiger partial charge in [0, 0.05) is 19.4 Å². The van der Waals surface area contributed by atoms with Crippen LogP contribution in [-0.4, -0.2) is 24.5 Å². The van der Waals surface area contributed by atoms with Crippen LogP contribution in [0.25, 0.3) is 0 Å². The molecule has 2 rings (SSSR count). The molecule has 1 N–H and O–H groups in total. The van der Waals surface area contributed by atoms with Crippen LogP contribution in [0.4, 0.5) is 5.95 Å². The van der Waals surface area contributed by atoms with Crippen molar-refractivity contribution < 1.29 is 0 Å². The van der Waals surface area contributed by atoms with Crippen LogP contribution in [-0.2, 0) is 13.6 Å². The minimum Gasteiger partial charge on any atom is -0.347 e. The Bertz CT molecular complexity index is 477. The number of hydrogen-bond donors (Lipinski definition) is 1. The molecule has 0 spiro atoms. The summed E-state index contributed by atoms with van der Waals surface area (Å²) in [7, 11) is 1.90. The van der Waals surface area contributed by atoms with Crippen molar-refractivity contribution in [1.82, 2.24) is 24.5 Å². The summed E-state index contributed by atoms with van der Waals surface area (Å²) in [6.07, 6.45) is 3.56. The van der Waals surface area contributed by atoms with Gasteiger partial charge in [-0.1, -0.05) is 0 Å². The Balaban J connectivity index is 2.07. The fourth-order valence-electron chi connectivity index (χ4n) is 1.13. The lowest BCUT2D eigenvalue weighted by Gasteiger charge is -2.04. The van der Waals surface area contributed by atoms with E-state index in [2.05, 4.69) is 25.3 Å². The molecule has 0 atom stereocenters. The van der Waals surface area contributed by atoms with Gasteiger partial charge in [0.2, 0.25) is 16.5 Å². The van der Waals surface area contributed by atoms with Gasteiger partial charge in [0.05, 0.1) is 6.54 Å². The average Bonchev–Trinajstić information content (AvgIpc) is 2.59. The van der Waals surface area contributed by atoms with Crippen LogP contribution in [0.5, 0.6) is 0 Å². The van der Waals surface area contributed by atoms with E-state index < -0.39 is 0 Å². The van der Waals surface area contributed by atoms with Crippen LogP contribution >= 0.6 is 23.2 Å². The van der Waals surface area contributed by atoms with E-state index in [9.17, 15) is 0 Å². The predicted octanol–water partition coefficient (Wildman–Crippen LogP) is 1.52. The fourth-order valence-corrected chi connectivity index (χ4v) is 1.49.